The molecule has 0 radical (unpaired) electrons. The summed E-state index contributed by atoms with van der Waals surface area (Å²) in [7, 11) is 0. The molecule has 4 rings (SSSR count). The van der Waals surface area contributed by atoms with E-state index in [0.717, 1.165) is 31.3 Å². The lowest BCUT2D eigenvalue weighted by molar-refractivity contribution is -0.203. The van der Waals surface area contributed by atoms with E-state index in [9.17, 15) is 24.6 Å². The molecule has 0 aromatic heterocycles. The van der Waals surface area contributed by atoms with Crippen LogP contribution in [0.1, 0.15) is 85.0 Å². The summed E-state index contributed by atoms with van der Waals surface area (Å²) in [6, 6.07) is 0. The maximum Gasteiger partial charge on any atom is 0.306 e. The van der Waals surface area contributed by atoms with Crippen molar-refractivity contribution < 1.29 is 29.3 Å². The fourth-order valence-electron chi connectivity index (χ4n) is 8.06. The van der Waals surface area contributed by atoms with Crippen LogP contribution in [0.15, 0.2) is 11.6 Å². The molecule has 8 atom stereocenters. The topological polar surface area (TPSA) is 101 Å². The van der Waals surface area contributed by atoms with Crippen LogP contribution >= 0.6 is 11.6 Å². The molecule has 2 N–H and O–H groups in total. The minimum absolute atomic E-state index is 0.00806. The zero-order valence-corrected chi connectivity index (χ0v) is 20.7. The molecule has 1 unspecified atom stereocenters. The van der Waals surface area contributed by atoms with Gasteiger partial charge >= 0.3 is 5.97 Å². The summed E-state index contributed by atoms with van der Waals surface area (Å²) in [5, 5.41) is 21.6. The molecule has 0 amide bonds. The van der Waals surface area contributed by atoms with Crippen molar-refractivity contribution in [3.8, 4) is 0 Å². The van der Waals surface area contributed by atoms with Gasteiger partial charge in [-0.15, -0.1) is 0 Å². The summed E-state index contributed by atoms with van der Waals surface area (Å²) >= 11 is 5.89. The number of Topliss-reactive ketones (excluding diaryl/α,β-unsaturated/α-hetero) is 1. The van der Waals surface area contributed by atoms with E-state index in [1.807, 2.05) is 13.8 Å². The van der Waals surface area contributed by atoms with Crippen molar-refractivity contribution in [1.29, 1.82) is 0 Å². The van der Waals surface area contributed by atoms with Crippen LogP contribution in [0.3, 0.4) is 0 Å². The van der Waals surface area contributed by atoms with Gasteiger partial charge in [0, 0.05) is 18.3 Å². The van der Waals surface area contributed by atoms with E-state index in [4.69, 9.17) is 16.3 Å². The van der Waals surface area contributed by atoms with Crippen molar-refractivity contribution in [1.82, 2.24) is 0 Å². The summed E-state index contributed by atoms with van der Waals surface area (Å²) < 4.78 is 5.97. The Bertz CT molecular complexity index is 867. The first-order valence-corrected chi connectivity index (χ1v) is 12.9. The highest BCUT2D eigenvalue weighted by molar-refractivity contribution is 6.31. The van der Waals surface area contributed by atoms with Crippen molar-refractivity contribution >= 4 is 29.1 Å². The summed E-state index contributed by atoms with van der Waals surface area (Å²) in [5.41, 5.74) is -3.21. The summed E-state index contributed by atoms with van der Waals surface area (Å²) in [6.07, 6.45) is 6.92. The molecular weight excluding hydrogens is 444 g/mol. The number of allylic oxidation sites excluding steroid dienone is 1. The van der Waals surface area contributed by atoms with Gasteiger partial charge in [-0.3, -0.25) is 14.4 Å². The number of esters is 1. The van der Waals surface area contributed by atoms with Crippen LogP contribution in [0.25, 0.3) is 0 Å². The molecule has 0 aromatic carbocycles. The number of ketones is 2. The molecular formula is C26H37ClO6. The van der Waals surface area contributed by atoms with Crippen LogP contribution in [0.4, 0.5) is 0 Å². The SMILES string of the molecule is CCCCC(=O)O[C@]1(C(=O)C(O)Cl)CC[C@H]2[C@@H]3CCC4=CC(=O)CC[C@]4(C)[C@H]3[C@@H](O)C[C@@]21C. The van der Waals surface area contributed by atoms with Gasteiger partial charge in [0.25, 0.3) is 0 Å². The molecule has 0 bridgehead atoms. The van der Waals surface area contributed by atoms with Gasteiger partial charge in [-0.25, -0.2) is 0 Å². The first kappa shape index (κ1) is 24.9. The zero-order chi connectivity index (χ0) is 24.2. The molecule has 7 heteroatoms. The second-order valence-electron chi connectivity index (χ2n) is 11.2. The van der Waals surface area contributed by atoms with Crippen LogP contribution in [0.2, 0.25) is 0 Å². The summed E-state index contributed by atoms with van der Waals surface area (Å²) in [5.74, 6) is -0.767. The van der Waals surface area contributed by atoms with E-state index in [1.165, 1.54) is 0 Å². The summed E-state index contributed by atoms with van der Waals surface area (Å²) in [4.78, 5) is 38.2. The second kappa shape index (κ2) is 8.76. The van der Waals surface area contributed by atoms with Crippen LogP contribution in [0, 0.1) is 28.6 Å². The second-order valence-corrected chi connectivity index (χ2v) is 11.6. The third-order valence-corrected chi connectivity index (χ3v) is 9.85. The van der Waals surface area contributed by atoms with Crippen molar-refractivity contribution in [3.05, 3.63) is 11.6 Å². The van der Waals surface area contributed by atoms with Gasteiger partial charge in [0.1, 0.15) is 0 Å². The van der Waals surface area contributed by atoms with Crippen LogP contribution < -0.4 is 0 Å². The van der Waals surface area contributed by atoms with E-state index in [-0.39, 0.29) is 35.4 Å². The van der Waals surface area contributed by atoms with Crippen LogP contribution in [-0.2, 0) is 19.1 Å². The Morgan fingerprint density at radius 2 is 1.97 bits per heavy atom. The number of hydrogen-bond acceptors (Lipinski definition) is 6. The highest BCUT2D eigenvalue weighted by Gasteiger charge is 2.71. The Morgan fingerprint density at radius 1 is 1.24 bits per heavy atom. The highest BCUT2D eigenvalue weighted by atomic mass is 35.5. The number of aliphatic hydroxyl groups excluding tert-OH is 2. The van der Waals surface area contributed by atoms with Crippen LogP contribution in [-0.4, -0.2) is 45.0 Å². The number of carbonyl (C=O) groups is 3. The van der Waals surface area contributed by atoms with Gasteiger partial charge < -0.3 is 14.9 Å². The molecule has 0 heterocycles. The number of alkyl halides is 1. The Labute approximate surface area is 201 Å². The van der Waals surface area contributed by atoms with E-state index in [1.54, 1.807) is 6.08 Å². The molecule has 0 spiro atoms. The molecule has 4 aliphatic rings. The number of unbranched alkanes of at least 4 members (excludes halogenated alkanes) is 1. The molecule has 184 valence electrons. The number of ether oxygens (including phenoxy) is 1. The van der Waals surface area contributed by atoms with Crippen LogP contribution in [0.5, 0.6) is 0 Å². The number of halogens is 1. The number of aliphatic hydroxyl groups is 2. The predicted octanol–water partition coefficient (Wildman–Crippen LogP) is 4.09. The summed E-state index contributed by atoms with van der Waals surface area (Å²) in [6.45, 7) is 6.09. The maximum atomic E-state index is 13.3. The molecule has 0 aliphatic heterocycles. The zero-order valence-electron chi connectivity index (χ0n) is 19.9. The highest BCUT2D eigenvalue weighted by Crippen LogP contribution is 2.68. The van der Waals surface area contributed by atoms with Gasteiger partial charge in [0.15, 0.2) is 16.9 Å². The molecule has 3 saturated carbocycles. The molecule has 33 heavy (non-hydrogen) atoms. The minimum atomic E-state index is -1.77. The number of carbonyl (C=O) groups excluding carboxylic acids is 3. The lowest BCUT2D eigenvalue weighted by Crippen LogP contribution is -2.63. The smallest absolute Gasteiger partial charge is 0.306 e. The van der Waals surface area contributed by atoms with E-state index < -0.39 is 34.4 Å². The van der Waals surface area contributed by atoms with Gasteiger partial charge in [0.2, 0.25) is 5.78 Å². The number of fused-ring (bicyclic) bond motifs is 5. The first-order valence-electron chi connectivity index (χ1n) is 12.5. The monoisotopic (exact) mass is 480 g/mol. The Hall–Kier alpha value is -1.24. The molecule has 0 aromatic rings. The quantitative estimate of drug-likeness (QED) is 0.438. The van der Waals surface area contributed by atoms with E-state index in [2.05, 4.69) is 6.92 Å². The Kier molecular flexibility index (Phi) is 6.60. The van der Waals surface area contributed by atoms with Crippen molar-refractivity contribution in [2.45, 2.75) is 102 Å². The number of rotatable bonds is 6. The largest absolute Gasteiger partial charge is 0.450 e. The van der Waals surface area contributed by atoms with Gasteiger partial charge in [-0.1, -0.05) is 44.4 Å². The third kappa shape index (κ3) is 3.71. The average molecular weight is 481 g/mol. The molecule has 0 saturated heterocycles. The lowest BCUT2D eigenvalue weighted by atomic mass is 9.45. The van der Waals surface area contributed by atoms with E-state index in [0.29, 0.717) is 32.1 Å². The average Bonchev–Trinajstić information content (AvgIpc) is 3.04. The van der Waals surface area contributed by atoms with E-state index >= 15 is 0 Å². The number of hydrogen-bond donors (Lipinski definition) is 2. The minimum Gasteiger partial charge on any atom is -0.450 e. The van der Waals surface area contributed by atoms with Gasteiger partial charge in [-0.05, 0) is 74.2 Å². The van der Waals surface area contributed by atoms with Crippen molar-refractivity contribution in [3.63, 3.8) is 0 Å². The maximum absolute atomic E-state index is 13.3. The van der Waals surface area contributed by atoms with Crippen molar-refractivity contribution in [2.75, 3.05) is 0 Å². The Morgan fingerprint density at radius 3 is 2.64 bits per heavy atom. The lowest BCUT2D eigenvalue weighted by Gasteiger charge is -2.60. The predicted molar refractivity (Wildman–Crippen MR) is 123 cm³/mol. The van der Waals surface area contributed by atoms with Crippen molar-refractivity contribution in [2.24, 2.45) is 28.6 Å². The molecule has 4 aliphatic carbocycles. The third-order valence-electron chi connectivity index (χ3n) is 9.65. The van der Waals surface area contributed by atoms with Gasteiger partial charge in [-0.2, -0.15) is 0 Å². The van der Waals surface area contributed by atoms with Gasteiger partial charge in [0.05, 0.1) is 6.10 Å². The standard InChI is InChI=1S/C26H37ClO6/c1-4-5-6-20(30)33-26(22(31)23(27)32)12-10-18-17-8-7-15-13-16(28)9-11-24(15,2)21(17)19(29)14-25(18,26)3/h13,17-19,21,23,29,32H,4-12,14H2,1-3H3/t17-,18-,19-,21+,23?,24-,25-,26-/m0/s1. The first-order chi connectivity index (χ1) is 15.5. The fraction of sp³-hybridized carbons (Fsp3) is 0.808. The Balaban J connectivity index is 1.72. The fourth-order valence-corrected chi connectivity index (χ4v) is 8.23. The normalized spacial score (nSPS) is 43.1. The molecule has 6 nitrogen and oxygen atoms in total. The molecule has 3 fully saturated rings.